The molecule has 0 radical (unpaired) electrons. The van der Waals surface area contributed by atoms with E-state index >= 15 is 0 Å². The summed E-state index contributed by atoms with van der Waals surface area (Å²) < 4.78 is 96.4. The number of imidazole rings is 1. The topological polar surface area (TPSA) is 445 Å². The van der Waals surface area contributed by atoms with E-state index in [1.807, 2.05) is 13.8 Å². The van der Waals surface area contributed by atoms with Gasteiger partial charge in [-0.25, -0.2) is 29.3 Å². The molecule has 474 valence electrons. The van der Waals surface area contributed by atoms with Crippen LogP contribution in [0.3, 0.4) is 0 Å². The Morgan fingerprint density at radius 3 is 1.77 bits per heavy atom. The Kier molecular flexibility index (Phi) is 21.3. The second-order valence-corrected chi connectivity index (χ2v) is 28.1. The van der Waals surface area contributed by atoms with Gasteiger partial charge in [-0.15, -0.1) is 0 Å². The quantitative estimate of drug-likeness (QED) is 0.0385. The number of aliphatic hydroxyl groups is 1. The third-order valence-corrected chi connectivity index (χ3v) is 19.8. The van der Waals surface area contributed by atoms with Crippen LogP contribution in [0.25, 0.3) is 11.2 Å². The van der Waals surface area contributed by atoms with Crippen LogP contribution < -0.4 is 39.8 Å². The van der Waals surface area contributed by atoms with Gasteiger partial charge in [0, 0.05) is 59.0 Å². The SMILES string of the molecule is CCC(CC)[C@H]1O[C@@H](n2cnc3c(N)ncnc32)C(OC)CO[P@@](=S)(OC[C@H]2O[C@@H](n3ccc(N)nc3=O)C(OC)C2OP(O)(=S)OC[C@H]2O[C@@H](n3ccc(N)nc3=O)C(OC)C2OP(O)(=S)OC[C@H]2O[C@@H](n3ccc(=O)[nH]c3=O)C(OC)C2O)O1. The molecule has 0 amide bonds. The summed E-state index contributed by atoms with van der Waals surface area (Å²) in [4.78, 5) is 97.4. The molecule has 18 atom stereocenters. The number of fused-ring (bicyclic) bond motifs is 1. The Morgan fingerprint density at radius 2 is 1.23 bits per heavy atom. The molecule has 4 aliphatic rings. The molecule has 0 spiro atoms. The number of hydrogen-bond acceptors (Lipinski definition) is 31. The maximum atomic E-state index is 13.4. The van der Waals surface area contributed by atoms with Crippen LogP contribution in [0.5, 0.6) is 0 Å². The van der Waals surface area contributed by atoms with Crippen LogP contribution in [-0.2, 0) is 105 Å². The van der Waals surface area contributed by atoms with Crippen molar-refractivity contribution < 1.29 is 84.5 Å². The Hall–Kier alpha value is -4.38. The van der Waals surface area contributed by atoms with Gasteiger partial charge in [-0.05, 0) is 60.4 Å². The summed E-state index contributed by atoms with van der Waals surface area (Å²) in [5, 5.41) is 11.2. The monoisotopic (exact) mass is 1330 g/mol. The maximum absolute atomic E-state index is 13.4. The highest BCUT2D eigenvalue weighted by atomic mass is 32.5. The second-order valence-electron chi connectivity index (χ2n) is 19.5. The number of ether oxygens (including phenoxy) is 8. The Labute approximate surface area is 502 Å². The van der Waals surface area contributed by atoms with E-state index in [1.54, 1.807) is 4.57 Å². The van der Waals surface area contributed by atoms with Crippen LogP contribution in [0.2, 0.25) is 0 Å². The Balaban J connectivity index is 0.957. The molecule has 9 unspecified atom stereocenters. The van der Waals surface area contributed by atoms with Crippen molar-refractivity contribution in [2.75, 3.05) is 72.1 Å². The molecule has 4 saturated heterocycles. The minimum Gasteiger partial charge on any atom is -0.387 e. The van der Waals surface area contributed by atoms with Gasteiger partial charge in [-0.1, -0.05) is 13.8 Å². The first-order chi connectivity index (χ1) is 40.9. The summed E-state index contributed by atoms with van der Waals surface area (Å²) in [6, 6.07) is 3.71. The number of rotatable bonds is 24. The lowest BCUT2D eigenvalue weighted by Crippen LogP contribution is -2.41. The fourth-order valence-corrected chi connectivity index (χ4v) is 14.9. The molecule has 5 aromatic heterocycles. The number of nitrogens with one attached hydrogen (secondary N) is 1. The average Bonchev–Trinajstić information content (AvgIpc) is 1.80. The first-order valence-electron chi connectivity index (χ1n) is 26.2. The zero-order valence-corrected chi connectivity index (χ0v) is 51.7. The largest absolute Gasteiger partial charge is 0.387 e. The molecular formula is C45H64N13O22P3S3. The van der Waals surface area contributed by atoms with E-state index in [2.05, 4.69) is 29.9 Å². The van der Waals surface area contributed by atoms with Gasteiger partial charge in [-0.2, -0.15) is 9.97 Å². The van der Waals surface area contributed by atoms with E-state index in [-0.39, 0.29) is 30.0 Å². The predicted molar refractivity (Wildman–Crippen MR) is 308 cm³/mol. The first-order valence-corrected chi connectivity index (χ1v) is 33.9. The third-order valence-electron chi connectivity index (χ3n) is 14.4. The highest BCUT2D eigenvalue weighted by molar-refractivity contribution is 8.08. The maximum Gasteiger partial charge on any atom is 0.351 e. The normalized spacial score (nSPS) is 32.1. The van der Waals surface area contributed by atoms with E-state index in [9.17, 15) is 34.1 Å². The lowest BCUT2D eigenvalue weighted by molar-refractivity contribution is -0.226. The van der Waals surface area contributed by atoms with E-state index in [0.717, 1.165) is 26.0 Å². The van der Waals surface area contributed by atoms with Crippen molar-refractivity contribution in [3.05, 3.63) is 91.3 Å². The molecule has 35 nitrogen and oxygen atoms in total. The first kappa shape index (κ1) is 66.0. The minimum atomic E-state index is -4.63. The lowest BCUT2D eigenvalue weighted by Gasteiger charge is -2.39. The zero-order valence-electron chi connectivity index (χ0n) is 46.5. The van der Waals surface area contributed by atoms with E-state index in [1.165, 1.54) is 65.6 Å². The third kappa shape index (κ3) is 14.4. The van der Waals surface area contributed by atoms with Gasteiger partial charge in [-0.3, -0.25) is 41.6 Å². The molecule has 5 aromatic rings. The minimum absolute atomic E-state index is 0.0978. The number of H-pyrrole nitrogens is 1. The number of anilines is 3. The van der Waals surface area contributed by atoms with Crippen LogP contribution in [0.4, 0.5) is 17.5 Å². The van der Waals surface area contributed by atoms with Crippen LogP contribution >= 0.6 is 20.2 Å². The van der Waals surface area contributed by atoms with Gasteiger partial charge in [0.2, 0.25) is 0 Å². The number of methoxy groups -OCH3 is 4. The molecule has 9 rings (SSSR count). The molecule has 86 heavy (non-hydrogen) atoms. The van der Waals surface area contributed by atoms with Crippen LogP contribution in [0.1, 0.15) is 51.6 Å². The smallest absolute Gasteiger partial charge is 0.351 e. The van der Waals surface area contributed by atoms with Gasteiger partial charge in [0.15, 0.2) is 42.7 Å². The van der Waals surface area contributed by atoms with Gasteiger partial charge < -0.3 is 88.1 Å². The molecule has 41 heteroatoms. The summed E-state index contributed by atoms with van der Waals surface area (Å²) >= 11 is 17.2. The van der Waals surface area contributed by atoms with E-state index in [0.29, 0.717) is 24.0 Å². The fourth-order valence-electron chi connectivity index (χ4n) is 10.0. The van der Waals surface area contributed by atoms with Crippen molar-refractivity contribution >= 4 is 84.2 Å². The molecule has 0 saturated carbocycles. The van der Waals surface area contributed by atoms with Gasteiger partial charge in [0.1, 0.15) is 84.5 Å². The molecule has 4 aliphatic heterocycles. The van der Waals surface area contributed by atoms with E-state index < -0.39 is 155 Å². The number of aromatic amines is 1. The number of nitrogens with two attached hydrogens (primary N) is 3. The Bertz CT molecular complexity index is 3590. The van der Waals surface area contributed by atoms with Gasteiger partial charge >= 0.3 is 37.2 Å². The molecule has 0 aromatic carbocycles. The highest BCUT2D eigenvalue weighted by Gasteiger charge is 2.54. The molecule has 4 fully saturated rings. The van der Waals surface area contributed by atoms with Crippen LogP contribution in [-0.4, -0.2) is 185 Å². The summed E-state index contributed by atoms with van der Waals surface area (Å²) in [5.74, 6) is -0.361. The average molecular weight is 1330 g/mol. The standard InChI is InChI=1S/C45H64N13O22P3S3/c1-7-21(8-2)42-77-38(58-20-51-29-36(48)49-19-50-37(29)58)25(66-3)18-73-83(86,80-42)72-17-24-32(35(69-6)41(76-24)56-13-10-27(47)53-44(56)62)79-82(65,85)71-16-23-31(34(68-5)40(75-23)55-12-9-26(46)52-43(55)61)78-81(64,84)70-15-22-30(60)33(67-4)39(74-22)57-14-11-28(59)54-45(57)63/h9-14,19-25,30-35,38-42,60H,7-8,15-18H2,1-6H3,(H,64,84)(H,65,85)(H2,46,52,61)(H2,47,53,62)(H2,48,49,50)(H,54,59,63)/t22-,23-,24-,25?,30?,31?,32?,33?,34?,35?,38-,39-,40-,41-,42+,81?,82?,83+/m1/s1. The summed E-state index contributed by atoms with van der Waals surface area (Å²) in [6.07, 6.45) is -11.8. The fraction of sp³-hybridized carbons (Fsp3) is 0.622. The van der Waals surface area contributed by atoms with Crippen molar-refractivity contribution in [1.82, 2.24) is 48.2 Å². The Morgan fingerprint density at radius 1 is 0.698 bits per heavy atom. The predicted octanol–water partition coefficient (Wildman–Crippen LogP) is -0.447. The number of aliphatic hydroxyl groups excluding tert-OH is 1. The lowest BCUT2D eigenvalue weighted by atomic mass is 10.0. The van der Waals surface area contributed by atoms with Crippen molar-refractivity contribution in [3.8, 4) is 0 Å². The van der Waals surface area contributed by atoms with Crippen molar-refractivity contribution in [1.29, 1.82) is 0 Å². The number of hydrogen-bond donors (Lipinski definition) is 7. The molecule has 9 heterocycles. The number of aromatic nitrogens is 10. The second kappa shape index (κ2) is 27.8. The van der Waals surface area contributed by atoms with Crippen LogP contribution in [0.15, 0.2) is 68.6 Å². The highest BCUT2D eigenvalue weighted by Crippen LogP contribution is 2.57. The zero-order chi connectivity index (χ0) is 62.0. The van der Waals surface area contributed by atoms with Crippen molar-refractivity contribution in [3.63, 3.8) is 0 Å². The van der Waals surface area contributed by atoms with Crippen LogP contribution in [0, 0.1) is 5.92 Å². The number of nitrogens with zero attached hydrogens (tertiary/aromatic N) is 9. The van der Waals surface area contributed by atoms with Crippen molar-refractivity contribution in [2.45, 2.75) is 119 Å². The number of nitrogen functional groups attached to an aromatic ring is 3. The van der Waals surface area contributed by atoms with Gasteiger partial charge in [0.25, 0.3) is 5.56 Å². The molecular weight excluding hydrogens is 1260 g/mol. The van der Waals surface area contributed by atoms with E-state index in [4.69, 9.17) is 122 Å². The molecule has 0 bridgehead atoms. The molecule has 10 N–H and O–H groups in total. The van der Waals surface area contributed by atoms with Crippen molar-refractivity contribution in [2.24, 2.45) is 5.92 Å². The molecule has 0 aliphatic carbocycles. The van der Waals surface area contributed by atoms with Gasteiger partial charge in [0.05, 0.1) is 32.8 Å². The summed E-state index contributed by atoms with van der Waals surface area (Å²) in [6.45, 7) is -11.4. The summed E-state index contributed by atoms with van der Waals surface area (Å²) in [7, 11) is 5.22. The summed E-state index contributed by atoms with van der Waals surface area (Å²) in [5.41, 5.74) is 15.1.